The maximum atomic E-state index is 13.2. The number of amides is 2. The predicted octanol–water partition coefficient (Wildman–Crippen LogP) is 3.97. The molecule has 0 spiro atoms. The zero-order chi connectivity index (χ0) is 28.3. The van der Waals surface area contributed by atoms with Crippen molar-refractivity contribution in [3.05, 3.63) is 24.5 Å². The lowest BCUT2D eigenvalue weighted by Gasteiger charge is -2.35. The predicted molar refractivity (Wildman–Crippen MR) is 140 cm³/mol. The zero-order valence-electron chi connectivity index (χ0n) is 23.2. The van der Waals surface area contributed by atoms with Crippen molar-refractivity contribution >= 4 is 32.3 Å². The van der Waals surface area contributed by atoms with Gasteiger partial charge >= 0.3 is 18.0 Å². The van der Waals surface area contributed by atoms with Crippen molar-refractivity contribution in [1.29, 1.82) is 0 Å². The van der Waals surface area contributed by atoms with Crippen LogP contribution in [0.1, 0.15) is 61.8 Å². The summed E-state index contributed by atoms with van der Waals surface area (Å²) in [6, 6.07) is -0.0486. The van der Waals surface area contributed by atoms with E-state index >= 15 is 0 Å². The van der Waals surface area contributed by atoms with Gasteiger partial charge in [0.1, 0.15) is 17.4 Å². The van der Waals surface area contributed by atoms with Crippen LogP contribution in [0.2, 0.25) is 18.1 Å². The molecule has 0 aliphatic rings. The van der Waals surface area contributed by atoms with E-state index in [1.54, 1.807) is 34.6 Å². The third-order valence-electron chi connectivity index (χ3n) is 5.68. The second-order valence-corrected chi connectivity index (χ2v) is 14.4. The highest BCUT2D eigenvalue weighted by Gasteiger charge is 2.38. The summed E-state index contributed by atoms with van der Waals surface area (Å²) in [7, 11) is -0.926. The van der Waals surface area contributed by atoms with E-state index in [1.165, 1.54) is 7.11 Å². The number of nitrogens with one attached hydrogen (secondary N) is 2. The molecule has 206 valence electrons. The third-order valence-corrected chi connectivity index (χ3v) is 10.4. The van der Waals surface area contributed by atoms with Crippen molar-refractivity contribution in [1.82, 2.24) is 10.6 Å². The normalized spacial score (nSPS) is 14.0. The van der Waals surface area contributed by atoms with Crippen LogP contribution in [0.3, 0.4) is 0 Å². The van der Waals surface area contributed by atoms with Crippen molar-refractivity contribution in [2.75, 3.05) is 7.11 Å². The minimum Gasteiger partial charge on any atom is -0.467 e. The van der Waals surface area contributed by atoms with Gasteiger partial charge in [-0.15, -0.1) is 0 Å². The number of ether oxygens (including phenoxy) is 3. The summed E-state index contributed by atoms with van der Waals surface area (Å²) in [5.74, 6) is -2.31. The van der Waals surface area contributed by atoms with E-state index in [0.29, 0.717) is 5.57 Å². The Morgan fingerprint density at radius 1 is 0.972 bits per heavy atom. The molecular weight excluding hydrogens is 484 g/mol. The molecule has 0 aromatic rings. The monoisotopic (exact) mass is 528 g/mol. The average molecular weight is 529 g/mol. The van der Waals surface area contributed by atoms with Crippen LogP contribution in [0, 0.1) is 0 Å². The number of alkyl carbamates (subject to hydrolysis) is 1. The zero-order valence-corrected chi connectivity index (χ0v) is 24.2. The van der Waals surface area contributed by atoms with Gasteiger partial charge in [0.05, 0.1) is 19.6 Å². The fourth-order valence-corrected chi connectivity index (χ4v) is 6.23. The van der Waals surface area contributed by atoms with Crippen LogP contribution in [0.25, 0.3) is 0 Å². The molecule has 10 nitrogen and oxygen atoms in total. The fourth-order valence-electron chi connectivity index (χ4n) is 3.30. The topological polar surface area (TPSA) is 129 Å². The number of allylic oxidation sites excluding steroid dienone is 1. The van der Waals surface area contributed by atoms with E-state index in [-0.39, 0.29) is 5.76 Å². The van der Waals surface area contributed by atoms with Crippen LogP contribution >= 0.6 is 0 Å². The molecule has 0 aromatic carbocycles. The van der Waals surface area contributed by atoms with Crippen molar-refractivity contribution < 1.29 is 37.8 Å². The Morgan fingerprint density at radius 3 is 1.92 bits per heavy atom. The quantitative estimate of drug-likeness (QED) is 0.114. The van der Waals surface area contributed by atoms with E-state index in [1.807, 2.05) is 20.8 Å². The van der Waals surface area contributed by atoms with Crippen molar-refractivity contribution in [3.63, 3.8) is 0 Å². The van der Waals surface area contributed by atoms with Crippen LogP contribution < -0.4 is 10.6 Å². The Bertz CT molecular complexity index is 809. The highest BCUT2D eigenvalue weighted by molar-refractivity contribution is 6.73. The molecule has 0 unspecified atom stereocenters. The van der Waals surface area contributed by atoms with Crippen LogP contribution in [-0.4, -0.2) is 63.2 Å². The van der Waals surface area contributed by atoms with Crippen molar-refractivity contribution in [2.45, 2.75) is 104 Å². The van der Waals surface area contributed by atoms with Gasteiger partial charge in [-0.05, 0) is 58.3 Å². The van der Waals surface area contributed by atoms with Crippen LogP contribution in [0.4, 0.5) is 4.79 Å². The van der Waals surface area contributed by atoms with Gasteiger partial charge in [-0.25, -0.2) is 9.59 Å². The Kier molecular flexibility index (Phi) is 13.7. The molecule has 0 bridgehead atoms. The molecule has 0 heterocycles. The number of esters is 2. The molecule has 0 aliphatic carbocycles. The summed E-state index contributed by atoms with van der Waals surface area (Å²) in [6.45, 7) is 21.6. The van der Waals surface area contributed by atoms with Gasteiger partial charge in [0.2, 0.25) is 5.91 Å². The number of carbonyl (C=O) groups excluding carboxylic acids is 4. The smallest absolute Gasteiger partial charge is 0.408 e. The summed E-state index contributed by atoms with van der Waals surface area (Å²) >= 11 is 0. The van der Waals surface area contributed by atoms with E-state index in [2.05, 4.69) is 23.8 Å². The number of carbonyl (C=O) groups is 4. The average Bonchev–Trinajstić information content (AvgIpc) is 2.78. The lowest BCUT2D eigenvalue weighted by molar-refractivity contribution is -0.148. The SMILES string of the molecule is C=C(C)C(=C)OC(=O)C[C@H](NC(=O)OC(C)(C)C)C(=O)N[C@H](C(=O)OC)[C@@H](C)O[Si](CC)(CC)CC. The summed E-state index contributed by atoms with van der Waals surface area (Å²) in [5, 5.41) is 4.96. The second-order valence-electron chi connectivity index (χ2n) is 9.66. The molecule has 0 saturated carbocycles. The van der Waals surface area contributed by atoms with Crippen LogP contribution in [0.15, 0.2) is 24.5 Å². The minimum atomic E-state index is -2.13. The molecule has 11 heteroatoms. The van der Waals surface area contributed by atoms with Crippen LogP contribution in [0.5, 0.6) is 0 Å². The molecule has 0 fully saturated rings. The Labute approximate surface area is 216 Å². The van der Waals surface area contributed by atoms with Crippen molar-refractivity contribution in [2.24, 2.45) is 0 Å². The van der Waals surface area contributed by atoms with E-state index < -0.39 is 62.5 Å². The lowest BCUT2D eigenvalue weighted by atomic mass is 10.1. The maximum absolute atomic E-state index is 13.2. The summed E-state index contributed by atoms with van der Waals surface area (Å²) in [5.41, 5.74) is -0.415. The van der Waals surface area contributed by atoms with Gasteiger partial charge in [-0.3, -0.25) is 9.59 Å². The molecular formula is C25H44N2O8Si. The van der Waals surface area contributed by atoms with Gasteiger partial charge < -0.3 is 29.3 Å². The third kappa shape index (κ3) is 11.4. The van der Waals surface area contributed by atoms with Gasteiger partial charge in [0.15, 0.2) is 14.4 Å². The summed E-state index contributed by atoms with van der Waals surface area (Å²) in [6.07, 6.45) is -2.16. The van der Waals surface area contributed by atoms with E-state index in [9.17, 15) is 19.2 Å². The Balaban J connectivity index is 5.88. The molecule has 0 saturated heterocycles. The minimum absolute atomic E-state index is 0.0332. The first-order valence-corrected chi connectivity index (χ1v) is 14.7. The molecule has 0 aliphatic heterocycles. The molecule has 2 amide bonds. The summed E-state index contributed by atoms with van der Waals surface area (Å²) < 4.78 is 21.6. The van der Waals surface area contributed by atoms with E-state index in [0.717, 1.165) is 18.1 Å². The highest BCUT2D eigenvalue weighted by Crippen LogP contribution is 2.24. The van der Waals surface area contributed by atoms with Gasteiger partial charge in [-0.2, -0.15) is 0 Å². The first-order chi connectivity index (χ1) is 16.5. The fraction of sp³-hybridized carbons (Fsp3) is 0.680. The molecule has 0 radical (unpaired) electrons. The number of hydrogen-bond donors (Lipinski definition) is 2. The van der Waals surface area contributed by atoms with Gasteiger partial charge in [-0.1, -0.05) is 33.9 Å². The first kappa shape index (κ1) is 33.3. The Morgan fingerprint density at radius 2 is 1.50 bits per heavy atom. The maximum Gasteiger partial charge on any atom is 0.408 e. The van der Waals surface area contributed by atoms with E-state index in [4.69, 9.17) is 18.6 Å². The van der Waals surface area contributed by atoms with Crippen molar-refractivity contribution in [3.8, 4) is 0 Å². The summed E-state index contributed by atoms with van der Waals surface area (Å²) in [4.78, 5) is 50.7. The molecule has 2 N–H and O–H groups in total. The van der Waals surface area contributed by atoms with Gasteiger partial charge in [0.25, 0.3) is 0 Å². The first-order valence-electron chi connectivity index (χ1n) is 12.2. The second kappa shape index (κ2) is 14.8. The lowest BCUT2D eigenvalue weighted by Crippen LogP contribution is -2.57. The molecule has 0 aromatic heterocycles. The molecule has 3 atom stereocenters. The number of methoxy groups -OCH3 is 1. The van der Waals surface area contributed by atoms with Crippen LogP contribution in [-0.2, 0) is 33.0 Å². The largest absolute Gasteiger partial charge is 0.467 e. The molecule has 0 rings (SSSR count). The number of hydrogen-bond acceptors (Lipinski definition) is 8. The molecule has 36 heavy (non-hydrogen) atoms. The van der Waals surface area contributed by atoms with Gasteiger partial charge in [0, 0.05) is 0 Å². The standard InChI is InChI=1S/C25H44N2O8Si/c1-12-36(13-2,14-3)35-18(7)21(23(30)32-11)27-22(29)19(26-24(31)34-25(8,9)10)15-20(28)33-17(6)16(4)5/h18-19,21H,4,6,12-15H2,1-3,5,7-11H3,(H,26,31)(H,27,29)/t18-,19+,21+/m1/s1. The Hall–Kier alpha value is -2.66. The highest BCUT2D eigenvalue weighted by atomic mass is 28.4. The number of rotatable bonds is 14.